The van der Waals surface area contributed by atoms with Crippen LogP contribution < -0.4 is 5.32 Å². The van der Waals surface area contributed by atoms with Crippen molar-refractivity contribution in [2.24, 2.45) is 0 Å². The molecule has 1 aromatic rings. The van der Waals surface area contributed by atoms with Crippen LogP contribution in [0.4, 0.5) is 0 Å². The van der Waals surface area contributed by atoms with E-state index < -0.39 is 17.5 Å². The van der Waals surface area contributed by atoms with Crippen molar-refractivity contribution >= 4 is 11.9 Å². The van der Waals surface area contributed by atoms with Crippen LogP contribution in [0.2, 0.25) is 0 Å². The number of rotatable bonds is 4. The van der Waals surface area contributed by atoms with E-state index in [4.69, 9.17) is 0 Å². The molecule has 0 spiro atoms. The molecule has 0 saturated heterocycles. The molecule has 0 saturated carbocycles. The fourth-order valence-electron chi connectivity index (χ4n) is 2.29. The van der Waals surface area contributed by atoms with Crippen molar-refractivity contribution in [2.75, 3.05) is 13.7 Å². The van der Waals surface area contributed by atoms with Crippen molar-refractivity contribution in [3.05, 3.63) is 47.5 Å². The van der Waals surface area contributed by atoms with E-state index >= 15 is 0 Å². The summed E-state index contributed by atoms with van der Waals surface area (Å²) in [5, 5.41) is 13.0. The summed E-state index contributed by atoms with van der Waals surface area (Å²) >= 11 is 0. The van der Waals surface area contributed by atoms with Crippen LogP contribution in [0, 0.1) is 0 Å². The van der Waals surface area contributed by atoms with Gasteiger partial charge in [-0.05, 0) is 11.1 Å². The first-order valence-electron chi connectivity index (χ1n) is 6.37. The topological polar surface area (TPSA) is 75.6 Å². The van der Waals surface area contributed by atoms with E-state index in [1.165, 1.54) is 19.3 Å². The van der Waals surface area contributed by atoms with E-state index in [1.807, 2.05) is 24.3 Å². The number of carbonyl (C=O) groups excluding carboxylic acids is 2. The maximum absolute atomic E-state index is 12.0. The van der Waals surface area contributed by atoms with E-state index in [0.717, 1.165) is 11.1 Å². The molecule has 1 amide bonds. The molecule has 0 radical (unpaired) electrons. The lowest BCUT2D eigenvalue weighted by atomic mass is 9.99. The zero-order valence-electron chi connectivity index (χ0n) is 11.3. The Morgan fingerprint density at radius 2 is 1.95 bits per heavy atom. The zero-order valence-corrected chi connectivity index (χ0v) is 11.3. The molecule has 106 valence electrons. The molecule has 0 aromatic heterocycles. The predicted octanol–water partition coefficient (Wildman–Crippen LogP) is 0.362. The third-order valence-corrected chi connectivity index (χ3v) is 3.34. The Hall–Kier alpha value is -2.14. The number of ether oxygens (including phenoxy) is 1. The van der Waals surface area contributed by atoms with E-state index in [-0.39, 0.29) is 6.54 Å². The van der Waals surface area contributed by atoms with Gasteiger partial charge in [-0.15, -0.1) is 0 Å². The smallest absolute Gasteiger partial charge is 0.330 e. The minimum absolute atomic E-state index is 0.173. The second-order valence-corrected chi connectivity index (χ2v) is 4.79. The van der Waals surface area contributed by atoms with Crippen molar-refractivity contribution in [1.82, 2.24) is 5.32 Å². The number of amides is 1. The van der Waals surface area contributed by atoms with Crippen LogP contribution in [0.3, 0.4) is 0 Å². The highest BCUT2D eigenvalue weighted by atomic mass is 16.5. The Morgan fingerprint density at radius 1 is 1.35 bits per heavy atom. The van der Waals surface area contributed by atoms with Gasteiger partial charge in [-0.25, -0.2) is 4.79 Å². The highest BCUT2D eigenvalue weighted by Gasteiger charge is 2.41. The number of benzene rings is 1. The van der Waals surface area contributed by atoms with Crippen molar-refractivity contribution < 1.29 is 19.4 Å². The van der Waals surface area contributed by atoms with Crippen molar-refractivity contribution in [2.45, 2.75) is 18.4 Å². The Labute approximate surface area is 117 Å². The van der Waals surface area contributed by atoms with Crippen LogP contribution >= 0.6 is 0 Å². The summed E-state index contributed by atoms with van der Waals surface area (Å²) in [5.74, 6) is -0.908. The summed E-state index contributed by atoms with van der Waals surface area (Å²) < 4.78 is 4.43. The quantitative estimate of drug-likeness (QED) is 0.614. The summed E-state index contributed by atoms with van der Waals surface area (Å²) in [6, 6.07) is 7.61. The predicted molar refractivity (Wildman–Crippen MR) is 73.0 cm³/mol. The molecule has 2 N–H and O–H groups in total. The minimum Gasteiger partial charge on any atom is -0.466 e. The molecule has 1 aromatic carbocycles. The molecule has 0 heterocycles. The number of hydrogen-bond acceptors (Lipinski definition) is 4. The van der Waals surface area contributed by atoms with E-state index in [1.54, 1.807) is 0 Å². The number of esters is 1. The zero-order chi connectivity index (χ0) is 14.6. The van der Waals surface area contributed by atoms with Gasteiger partial charge in [-0.3, -0.25) is 4.79 Å². The average Bonchev–Trinajstić information content (AvgIpc) is 2.80. The normalized spacial score (nSPS) is 15.9. The lowest BCUT2D eigenvalue weighted by molar-refractivity contribution is -0.138. The third kappa shape index (κ3) is 3.05. The van der Waals surface area contributed by atoms with Gasteiger partial charge in [0.25, 0.3) is 5.91 Å². The summed E-state index contributed by atoms with van der Waals surface area (Å²) in [6.07, 6.45) is 3.34. The molecule has 5 heteroatoms. The fraction of sp³-hybridized carbons (Fsp3) is 0.333. The van der Waals surface area contributed by atoms with Gasteiger partial charge in [0.15, 0.2) is 5.60 Å². The van der Waals surface area contributed by atoms with Crippen LogP contribution in [0.5, 0.6) is 0 Å². The van der Waals surface area contributed by atoms with Gasteiger partial charge in [0.2, 0.25) is 0 Å². The highest BCUT2D eigenvalue weighted by molar-refractivity contribution is 5.87. The molecule has 20 heavy (non-hydrogen) atoms. The van der Waals surface area contributed by atoms with Gasteiger partial charge in [0, 0.05) is 25.5 Å². The Balaban J connectivity index is 1.91. The number of nitrogens with one attached hydrogen (secondary N) is 1. The Bertz CT molecular complexity index is 526. The molecule has 5 nitrogen and oxygen atoms in total. The van der Waals surface area contributed by atoms with Gasteiger partial charge in [-0.1, -0.05) is 30.3 Å². The maximum atomic E-state index is 12.0. The van der Waals surface area contributed by atoms with Gasteiger partial charge < -0.3 is 15.2 Å². The largest absolute Gasteiger partial charge is 0.466 e. The minimum atomic E-state index is -1.40. The van der Waals surface area contributed by atoms with E-state index in [2.05, 4.69) is 10.1 Å². The molecule has 0 bridgehead atoms. The first kappa shape index (κ1) is 14.3. The van der Waals surface area contributed by atoms with E-state index in [9.17, 15) is 14.7 Å². The lowest BCUT2D eigenvalue weighted by Crippen LogP contribution is -2.47. The number of hydrogen-bond donors (Lipinski definition) is 2. The van der Waals surface area contributed by atoms with Crippen LogP contribution in [-0.4, -0.2) is 36.2 Å². The summed E-state index contributed by atoms with van der Waals surface area (Å²) in [4.78, 5) is 22.9. The van der Waals surface area contributed by atoms with Gasteiger partial charge >= 0.3 is 5.97 Å². The second kappa shape index (κ2) is 5.88. The van der Waals surface area contributed by atoms with Crippen LogP contribution in [0.1, 0.15) is 11.1 Å². The van der Waals surface area contributed by atoms with Crippen molar-refractivity contribution in [3.63, 3.8) is 0 Å². The summed E-state index contributed by atoms with van der Waals surface area (Å²) in [5.41, 5.74) is 0.591. The average molecular weight is 275 g/mol. The van der Waals surface area contributed by atoms with Crippen molar-refractivity contribution in [3.8, 4) is 0 Å². The molecule has 2 rings (SSSR count). The summed E-state index contributed by atoms with van der Waals surface area (Å²) in [6.45, 7) is 0.173. The molecular formula is C15H17NO4. The molecule has 1 aliphatic carbocycles. The first-order chi connectivity index (χ1) is 9.55. The number of carbonyl (C=O) groups is 2. The van der Waals surface area contributed by atoms with Gasteiger partial charge in [0.05, 0.1) is 7.11 Å². The van der Waals surface area contributed by atoms with Crippen molar-refractivity contribution in [1.29, 1.82) is 0 Å². The number of aliphatic hydroxyl groups is 1. The van der Waals surface area contributed by atoms with Crippen LogP contribution in [0.15, 0.2) is 36.4 Å². The van der Waals surface area contributed by atoms with Gasteiger partial charge in [-0.2, -0.15) is 0 Å². The molecular weight excluding hydrogens is 258 g/mol. The molecule has 0 atom stereocenters. The Morgan fingerprint density at radius 3 is 2.50 bits per heavy atom. The number of fused-ring (bicyclic) bond motifs is 1. The van der Waals surface area contributed by atoms with Gasteiger partial charge in [0.1, 0.15) is 0 Å². The molecule has 0 unspecified atom stereocenters. The monoisotopic (exact) mass is 275 g/mol. The molecule has 1 aliphatic rings. The third-order valence-electron chi connectivity index (χ3n) is 3.34. The SMILES string of the molecule is COC(=O)/C=C/CNC(=O)C1(O)Cc2ccccc2C1. The highest BCUT2D eigenvalue weighted by Crippen LogP contribution is 2.29. The standard InChI is InChI=1S/C15H17NO4/c1-20-13(17)7-4-8-16-14(18)15(19)9-11-5-2-3-6-12(11)10-15/h2-7,19H,8-10H2,1H3,(H,16,18)/b7-4+. The second-order valence-electron chi connectivity index (χ2n) is 4.79. The maximum Gasteiger partial charge on any atom is 0.330 e. The van der Waals surface area contributed by atoms with Crippen LogP contribution in [-0.2, 0) is 27.2 Å². The fourth-order valence-corrected chi connectivity index (χ4v) is 2.29. The number of methoxy groups -OCH3 is 1. The lowest BCUT2D eigenvalue weighted by Gasteiger charge is -2.20. The molecule has 0 fully saturated rings. The summed E-state index contributed by atoms with van der Waals surface area (Å²) in [7, 11) is 1.28. The van der Waals surface area contributed by atoms with Crippen LogP contribution in [0.25, 0.3) is 0 Å². The van der Waals surface area contributed by atoms with E-state index in [0.29, 0.717) is 12.8 Å². The first-order valence-corrected chi connectivity index (χ1v) is 6.37. The Kier molecular flexibility index (Phi) is 4.20. The molecule has 0 aliphatic heterocycles.